The van der Waals surface area contributed by atoms with Gasteiger partial charge in [-0.15, -0.1) is 0 Å². The van der Waals surface area contributed by atoms with Gasteiger partial charge in [0, 0.05) is 30.7 Å². The smallest absolute Gasteiger partial charge is 0.253 e. The summed E-state index contributed by atoms with van der Waals surface area (Å²) in [6, 6.07) is 13.3. The van der Waals surface area contributed by atoms with Crippen LogP contribution in [0.25, 0.3) is 0 Å². The Morgan fingerprint density at radius 1 is 1.04 bits per heavy atom. The molecule has 0 saturated carbocycles. The van der Waals surface area contributed by atoms with Gasteiger partial charge in [-0.2, -0.15) is 0 Å². The monoisotopic (exact) mass is 383 g/mol. The zero-order chi connectivity index (χ0) is 20.1. The fraction of sp³-hybridized carbons (Fsp3) is 0.364. The number of para-hydroxylation sites is 1. The average Bonchev–Trinajstić information content (AvgIpc) is 2.70. The molecule has 1 aliphatic rings. The number of piperidine rings is 1. The molecule has 1 heterocycles. The van der Waals surface area contributed by atoms with Gasteiger partial charge in [0.1, 0.15) is 5.82 Å². The minimum Gasteiger partial charge on any atom is -0.355 e. The lowest BCUT2D eigenvalue weighted by atomic mass is 10.0. The van der Waals surface area contributed by atoms with E-state index in [9.17, 15) is 14.0 Å². The molecule has 1 saturated heterocycles. The zero-order valence-electron chi connectivity index (χ0n) is 16.2. The number of anilines is 2. The Labute approximate surface area is 164 Å². The van der Waals surface area contributed by atoms with Gasteiger partial charge in [-0.05, 0) is 49.2 Å². The summed E-state index contributed by atoms with van der Waals surface area (Å²) in [5.74, 6) is -0.299. The maximum atomic E-state index is 13.1. The third-order valence-corrected chi connectivity index (χ3v) is 4.93. The zero-order valence-corrected chi connectivity index (χ0v) is 16.2. The molecule has 0 atom stereocenters. The Balaban J connectivity index is 1.62. The molecule has 6 heteroatoms. The summed E-state index contributed by atoms with van der Waals surface area (Å²) in [5.41, 5.74) is 1.91. The normalized spacial score (nSPS) is 14.8. The molecule has 0 aliphatic carbocycles. The van der Waals surface area contributed by atoms with Crippen molar-refractivity contribution in [2.75, 3.05) is 18.4 Å². The number of amides is 2. The number of nitrogens with zero attached hydrogens (tertiary/aromatic N) is 1. The van der Waals surface area contributed by atoms with Crippen molar-refractivity contribution < 1.29 is 14.0 Å². The molecule has 0 bridgehead atoms. The molecule has 0 aromatic heterocycles. The van der Waals surface area contributed by atoms with Crippen molar-refractivity contribution in [3.63, 3.8) is 0 Å². The van der Waals surface area contributed by atoms with Gasteiger partial charge in [-0.25, -0.2) is 4.39 Å². The number of halogens is 1. The first-order chi connectivity index (χ1) is 13.4. The first-order valence-electron chi connectivity index (χ1n) is 9.65. The third-order valence-electron chi connectivity index (χ3n) is 4.93. The van der Waals surface area contributed by atoms with Crippen molar-refractivity contribution in [3.8, 4) is 0 Å². The Morgan fingerprint density at radius 2 is 1.68 bits per heavy atom. The summed E-state index contributed by atoms with van der Waals surface area (Å²) in [4.78, 5) is 26.8. The van der Waals surface area contributed by atoms with Gasteiger partial charge in [-0.3, -0.25) is 9.59 Å². The lowest BCUT2D eigenvalue weighted by molar-refractivity contribution is -0.135. The molecule has 1 aliphatic heterocycles. The highest BCUT2D eigenvalue weighted by Gasteiger charge is 2.25. The van der Waals surface area contributed by atoms with Gasteiger partial charge in [0.05, 0.1) is 11.3 Å². The van der Waals surface area contributed by atoms with E-state index in [1.807, 2.05) is 36.9 Å². The second kappa shape index (κ2) is 8.87. The van der Waals surface area contributed by atoms with Crippen molar-refractivity contribution in [3.05, 3.63) is 59.9 Å². The molecule has 0 spiro atoms. The van der Waals surface area contributed by atoms with Crippen LogP contribution in [-0.2, 0) is 4.79 Å². The van der Waals surface area contributed by atoms with E-state index in [2.05, 4.69) is 10.6 Å². The molecular formula is C22H26FN3O2. The van der Waals surface area contributed by atoms with Crippen LogP contribution in [0.1, 0.15) is 37.0 Å². The van der Waals surface area contributed by atoms with E-state index in [1.54, 1.807) is 18.2 Å². The van der Waals surface area contributed by atoms with Crippen molar-refractivity contribution >= 4 is 23.2 Å². The van der Waals surface area contributed by atoms with Gasteiger partial charge < -0.3 is 15.5 Å². The fourth-order valence-electron chi connectivity index (χ4n) is 3.35. The summed E-state index contributed by atoms with van der Waals surface area (Å²) in [6.07, 6.45) is 1.50. The van der Waals surface area contributed by atoms with Crippen molar-refractivity contribution in [1.82, 2.24) is 10.2 Å². The Hall–Kier alpha value is -2.89. The predicted octanol–water partition coefficient (Wildman–Crippen LogP) is 3.95. The van der Waals surface area contributed by atoms with Crippen LogP contribution in [0.2, 0.25) is 0 Å². The van der Waals surface area contributed by atoms with Crippen LogP contribution in [0, 0.1) is 11.7 Å². The molecular weight excluding hydrogens is 357 g/mol. The van der Waals surface area contributed by atoms with E-state index in [0.29, 0.717) is 30.0 Å². The number of carbonyl (C=O) groups excluding carboxylic acids is 2. The van der Waals surface area contributed by atoms with Crippen molar-refractivity contribution in [1.29, 1.82) is 0 Å². The van der Waals surface area contributed by atoms with E-state index >= 15 is 0 Å². The topological polar surface area (TPSA) is 61.4 Å². The SMILES string of the molecule is CC(C)C(=O)N1CCC(NC(=O)c2ccccc2Nc2ccc(F)cc2)CC1. The fourth-order valence-corrected chi connectivity index (χ4v) is 3.35. The molecule has 5 nitrogen and oxygen atoms in total. The first kappa shape index (κ1) is 19.9. The summed E-state index contributed by atoms with van der Waals surface area (Å²) in [7, 11) is 0. The standard InChI is InChI=1S/C22H26FN3O2/c1-15(2)22(28)26-13-11-18(12-14-26)25-21(27)19-5-3-4-6-20(19)24-17-9-7-16(23)8-10-17/h3-10,15,18,24H,11-14H2,1-2H3,(H,25,27). The average molecular weight is 383 g/mol. The molecule has 3 rings (SSSR count). The third kappa shape index (κ3) is 4.88. The molecule has 28 heavy (non-hydrogen) atoms. The lowest BCUT2D eigenvalue weighted by Gasteiger charge is -2.33. The summed E-state index contributed by atoms with van der Waals surface area (Å²) in [5, 5.41) is 6.25. The number of hydrogen-bond donors (Lipinski definition) is 2. The van der Waals surface area contributed by atoms with Crippen molar-refractivity contribution in [2.45, 2.75) is 32.7 Å². The van der Waals surface area contributed by atoms with E-state index in [0.717, 1.165) is 12.8 Å². The van der Waals surface area contributed by atoms with Crippen LogP contribution in [0.4, 0.5) is 15.8 Å². The van der Waals surface area contributed by atoms with Crippen LogP contribution in [0.3, 0.4) is 0 Å². The van der Waals surface area contributed by atoms with Gasteiger partial charge in [-0.1, -0.05) is 26.0 Å². The maximum Gasteiger partial charge on any atom is 0.253 e. The molecule has 148 valence electrons. The Morgan fingerprint density at radius 3 is 2.32 bits per heavy atom. The highest BCUT2D eigenvalue weighted by atomic mass is 19.1. The number of likely N-dealkylation sites (tertiary alicyclic amines) is 1. The van der Waals surface area contributed by atoms with E-state index < -0.39 is 0 Å². The van der Waals surface area contributed by atoms with Crippen LogP contribution < -0.4 is 10.6 Å². The number of hydrogen-bond acceptors (Lipinski definition) is 3. The van der Waals surface area contributed by atoms with E-state index in [4.69, 9.17) is 0 Å². The molecule has 2 N–H and O–H groups in total. The Kier molecular flexibility index (Phi) is 6.29. The molecule has 0 unspecified atom stereocenters. The van der Waals surface area contributed by atoms with E-state index in [-0.39, 0.29) is 29.6 Å². The molecule has 2 aromatic carbocycles. The number of nitrogens with one attached hydrogen (secondary N) is 2. The minimum absolute atomic E-state index is 0.00412. The van der Waals surface area contributed by atoms with Gasteiger partial charge in [0.25, 0.3) is 5.91 Å². The van der Waals surface area contributed by atoms with Crippen molar-refractivity contribution in [2.24, 2.45) is 5.92 Å². The number of carbonyl (C=O) groups is 2. The number of benzene rings is 2. The number of rotatable bonds is 5. The Bertz CT molecular complexity index is 828. The quantitative estimate of drug-likeness (QED) is 0.822. The summed E-state index contributed by atoms with van der Waals surface area (Å²) in [6.45, 7) is 5.14. The summed E-state index contributed by atoms with van der Waals surface area (Å²) < 4.78 is 13.1. The van der Waals surface area contributed by atoms with Crippen LogP contribution in [-0.4, -0.2) is 35.8 Å². The van der Waals surface area contributed by atoms with Crippen LogP contribution >= 0.6 is 0 Å². The minimum atomic E-state index is -0.307. The van der Waals surface area contributed by atoms with Gasteiger partial charge >= 0.3 is 0 Å². The van der Waals surface area contributed by atoms with E-state index in [1.165, 1.54) is 12.1 Å². The van der Waals surface area contributed by atoms with Crippen LogP contribution in [0.15, 0.2) is 48.5 Å². The molecule has 0 radical (unpaired) electrons. The highest BCUT2D eigenvalue weighted by Crippen LogP contribution is 2.22. The summed E-state index contributed by atoms with van der Waals surface area (Å²) >= 11 is 0. The lowest BCUT2D eigenvalue weighted by Crippen LogP contribution is -2.47. The maximum absolute atomic E-state index is 13.1. The van der Waals surface area contributed by atoms with Gasteiger partial charge in [0.2, 0.25) is 5.91 Å². The molecule has 2 aromatic rings. The molecule has 2 amide bonds. The second-order valence-corrected chi connectivity index (χ2v) is 7.41. The van der Waals surface area contributed by atoms with Gasteiger partial charge in [0.15, 0.2) is 0 Å². The first-order valence-corrected chi connectivity index (χ1v) is 9.65. The van der Waals surface area contributed by atoms with Crippen LogP contribution in [0.5, 0.6) is 0 Å². The second-order valence-electron chi connectivity index (χ2n) is 7.41. The molecule has 1 fully saturated rings. The highest BCUT2D eigenvalue weighted by molar-refractivity contribution is 6.00. The largest absolute Gasteiger partial charge is 0.355 e. The predicted molar refractivity (Wildman–Crippen MR) is 108 cm³/mol.